The molecule has 0 unspecified atom stereocenters. The van der Waals surface area contributed by atoms with E-state index in [9.17, 15) is 9.59 Å². The molecule has 2 aromatic carbocycles. The van der Waals surface area contributed by atoms with Gasteiger partial charge in [0.15, 0.2) is 5.78 Å². The van der Waals surface area contributed by atoms with Crippen LogP contribution in [0.5, 0.6) is 5.75 Å². The Bertz CT molecular complexity index is 893. The van der Waals surface area contributed by atoms with Crippen LogP contribution in [-0.4, -0.2) is 55.7 Å². The van der Waals surface area contributed by atoms with Gasteiger partial charge in [-0.2, -0.15) is 0 Å². The van der Waals surface area contributed by atoms with Crippen molar-refractivity contribution < 1.29 is 19.1 Å². The molecule has 0 radical (unpaired) electrons. The monoisotopic (exact) mass is 384 g/mol. The lowest BCUT2D eigenvalue weighted by molar-refractivity contribution is 0.0240. The summed E-state index contributed by atoms with van der Waals surface area (Å²) >= 11 is 0. The van der Waals surface area contributed by atoms with Crippen LogP contribution in [-0.2, 0) is 4.74 Å². The smallest absolute Gasteiger partial charge is 0.410 e. The highest BCUT2D eigenvalue weighted by atomic mass is 16.6. The molecule has 1 fully saturated rings. The summed E-state index contributed by atoms with van der Waals surface area (Å²) in [5.74, 6) is 0.808. The summed E-state index contributed by atoms with van der Waals surface area (Å²) in [4.78, 5) is 28.3. The van der Waals surface area contributed by atoms with Crippen LogP contribution in [0.25, 0.3) is 10.8 Å². The van der Waals surface area contributed by atoms with E-state index in [4.69, 9.17) is 9.47 Å². The summed E-state index contributed by atoms with van der Waals surface area (Å²) < 4.78 is 10.9. The van der Waals surface area contributed by atoms with Gasteiger partial charge in [-0.1, -0.05) is 6.07 Å². The first-order chi connectivity index (χ1) is 13.2. The number of ether oxygens (including phenoxy) is 2. The fourth-order valence-corrected chi connectivity index (χ4v) is 3.37. The molecule has 6 nitrogen and oxygen atoms in total. The predicted molar refractivity (Wildman–Crippen MR) is 111 cm³/mol. The maximum Gasteiger partial charge on any atom is 0.410 e. The van der Waals surface area contributed by atoms with Crippen molar-refractivity contribution in [1.29, 1.82) is 0 Å². The quantitative estimate of drug-likeness (QED) is 0.746. The average Bonchev–Trinajstić information content (AvgIpc) is 2.65. The Balaban J connectivity index is 1.87. The molecular weight excluding hydrogens is 356 g/mol. The van der Waals surface area contributed by atoms with Gasteiger partial charge in [0.2, 0.25) is 0 Å². The van der Waals surface area contributed by atoms with Gasteiger partial charge in [0.1, 0.15) is 11.4 Å². The molecule has 150 valence electrons. The van der Waals surface area contributed by atoms with Gasteiger partial charge in [-0.25, -0.2) is 4.79 Å². The van der Waals surface area contributed by atoms with E-state index in [1.54, 1.807) is 18.9 Å². The van der Waals surface area contributed by atoms with Crippen molar-refractivity contribution in [2.45, 2.75) is 33.3 Å². The summed E-state index contributed by atoms with van der Waals surface area (Å²) in [7, 11) is 1.64. The predicted octanol–water partition coefficient (Wildman–Crippen LogP) is 4.11. The van der Waals surface area contributed by atoms with Crippen LogP contribution in [0.4, 0.5) is 10.5 Å². The molecule has 0 N–H and O–H groups in total. The Kier molecular flexibility index (Phi) is 5.49. The van der Waals surface area contributed by atoms with Crippen LogP contribution in [0.3, 0.4) is 0 Å². The highest BCUT2D eigenvalue weighted by molar-refractivity contribution is 6.04. The molecule has 0 aliphatic carbocycles. The van der Waals surface area contributed by atoms with Gasteiger partial charge in [-0.3, -0.25) is 4.79 Å². The Morgan fingerprint density at radius 2 is 1.68 bits per heavy atom. The number of hydrogen-bond donors (Lipinski definition) is 0. The van der Waals surface area contributed by atoms with E-state index in [0.717, 1.165) is 22.2 Å². The van der Waals surface area contributed by atoms with Crippen molar-refractivity contribution in [1.82, 2.24) is 4.90 Å². The van der Waals surface area contributed by atoms with E-state index < -0.39 is 5.60 Å². The number of ketones is 1. The Hall–Kier alpha value is -2.76. The van der Waals surface area contributed by atoms with Gasteiger partial charge in [0, 0.05) is 42.8 Å². The first-order valence-electron chi connectivity index (χ1n) is 9.53. The molecule has 1 heterocycles. The van der Waals surface area contributed by atoms with Gasteiger partial charge in [0.05, 0.1) is 7.11 Å². The summed E-state index contributed by atoms with van der Waals surface area (Å²) in [6.07, 6.45) is -0.281. The second-order valence-electron chi connectivity index (χ2n) is 8.09. The number of methoxy groups -OCH3 is 1. The number of benzene rings is 2. The Morgan fingerprint density at radius 1 is 1.00 bits per heavy atom. The molecule has 28 heavy (non-hydrogen) atoms. The van der Waals surface area contributed by atoms with Crippen molar-refractivity contribution in [3.05, 3.63) is 35.9 Å². The fourth-order valence-electron chi connectivity index (χ4n) is 3.37. The topological polar surface area (TPSA) is 59.1 Å². The number of hydrogen-bond acceptors (Lipinski definition) is 5. The summed E-state index contributed by atoms with van der Waals surface area (Å²) in [6, 6.07) is 9.72. The zero-order chi connectivity index (χ0) is 20.5. The molecule has 2 aromatic rings. The van der Waals surface area contributed by atoms with Gasteiger partial charge in [0.25, 0.3) is 0 Å². The van der Waals surface area contributed by atoms with Crippen molar-refractivity contribution in [2.24, 2.45) is 0 Å². The van der Waals surface area contributed by atoms with Crippen LogP contribution in [0.1, 0.15) is 38.1 Å². The SMILES string of the molecule is COc1ccc2cc(C(C)=O)cc(N3CCN(C(=O)OC(C)(C)C)CC3)c2c1. The number of carbonyl (C=O) groups excluding carboxylic acids is 2. The van der Waals surface area contributed by atoms with Crippen molar-refractivity contribution in [3.8, 4) is 5.75 Å². The van der Waals surface area contributed by atoms with E-state index in [-0.39, 0.29) is 11.9 Å². The number of amides is 1. The van der Waals surface area contributed by atoms with E-state index in [1.807, 2.05) is 51.1 Å². The molecule has 0 bridgehead atoms. The highest BCUT2D eigenvalue weighted by Gasteiger charge is 2.26. The minimum Gasteiger partial charge on any atom is -0.497 e. The largest absolute Gasteiger partial charge is 0.497 e. The van der Waals surface area contributed by atoms with E-state index >= 15 is 0 Å². The summed E-state index contributed by atoms with van der Waals surface area (Å²) in [5, 5.41) is 2.04. The zero-order valence-corrected chi connectivity index (χ0v) is 17.2. The lowest BCUT2D eigenvalue weighted by atomic mass is 10.0. The number of piperazine rings is 1. The third kappa shape index (κ3) is 4.38. The summed E-state index contributed by atoms with van der Waals surface area (Å²) in [6.45, 7) is 9.68. The van der Waals surface area contributed by atoms with Gasteiger partial charge in [-0.15, -0.1) is 0 Å². The van der Waals surface area contributed by atoms with Gasteiger partial charge < -0.3 is 19.3 Å². The highest BCUT2D eigenvalue weighted by Crippen LogP contribution is 2.32. The molecular formula is C22H28N2O4. The van der Waals surface area contributed by atoms with Crippen LogP contribution < -0.4 is 9.64 Å². The average molecular weight is 384 g/mol. The standard InChI is InChI=1S/C22H28N2O4/c1-15(25)17-12-16-6-7-18(27-5)14-19(16)20(13-17)23-8-10-24(11-9-23)21(26)28-22(2,3)4/h6-7,12-14H,8-11H2,1-5H3. The normalized spacial score (nSPS) is 14.9. The number of fused-ring (bicyclic) bond motifs is 1. The van der Waals surface area contributed by atoms with E-state index in [0.29, 0.717) is 31.7 Å². The van der Waals surface area contributed by atoms with Crippen LogP contribution in [0.15, 0.2) is 30.3 Å². The lowest BCUT2D eigenvalue weighted by Crippen LogP contribution is -2.50. The lowest BCUT2D eigenvalue weighted by Gasteiger charge is -2.37. The Labute approximate surface area is 166 Å². The number of Topliss-reactive ketones (excluding diaryl/α,β-unsaturated/α-hetero) is 1. The maximum atomic E-state index is 12.3. The van der Waals surface area contributed by atoms with Crippen LogP contribution in [0.2, 0.25) is 0 Å². The second-order valence-corrected chi connectivity index (χ2v) is 8.09. The van der Waals surface area contributed by atoms with Gasteiger partial charge in [-0.05, 0) is 57.3 Å². The third-order valence-corrected chi connectivity index (χ3v) is 4.82. The molecule has 1 aliphatic heterocycles. The van der Waals surface area contributed by atoms with Crippen LogP contribution in [0, 0.1) is 0 Å². The van der Waals surface area contributed by atoms with Crippen molar-refractivity contribution >= 4 is 28.3 Å². The molecule has 6 heteroatoms. The molecule has 0 saturated carbocycles. The molecule has 1 aliphatic rings. The molecule has 0 spiro atoms. The first-order valence-corrected chi connectivity index (χ1v) is 9.53. The van der Waals surface area contributed by atoms with Crippen molar-refractivity contribution in [3.63, 3.8) is 0 Å². The van der Waals surface area contributed by atoms with Crippen LogP contribution >= 0.6 is 0 Å². The number of rotatable bonds is 3. The zero-order valence-electron chi connectivity index (χ0n) is 17.2. The maximum absolute atomic E-state index is 12.3. The third-order valence-electron chi connectivity index (χ3n) is 4.82. The molecule has 1 saturated heterocycles. The minimum atomic E-state index is -0.503. The number of anilines is 1. The number of nitrogens with zero attached hydrogens (tertiary/aromatic N) is 2. The Morgan fingerprint density at radius 3 is 2.25 bits per heavy atom. The first kappa shape index (κ1) is 20.0. The minimum absolute atomic E-state index is 0.0337. The molecule has 3 rings (SSSR count). The second kappa shape index (κ2) is 7.70. The molecule has 0 atom stereocenters. The van der Waals surface area contributed by atoms with Crippen molar-refractivity contribution in [2.75, 3.05) is 38.2 Å². The number of carbonyl (C=O) groups is 2. The molecule has 1 amide bonds. The molecule has 0 aromatic heterocycles. The fraction of sp³-hybridized carbons (Fsp3) is 0.455. The van der Waals surface area contributed by atoms with E-state index in [2.05, 4.69) is 4.90 Å². The summed E-state index contributed by atoms with van der Waals surface area (Å²) in [5.41, 5.74) is 1.17. The van der Waals surface area contributed by atoms with Gasteiger partial charge >= 0.3 is 6.09 Å². The van der Waals surface area contributed by atoms with E-state index in [1.165, 1.54) is 0 Å².